The van der Waals surface area contributed by atoms with E-state index < -0.39 is 0 Å². The second-order valence-corrected chi connectivity index (χ2v) is 4.64. The normalized spacial score (nSPS) is 10.5. The second kappa shape index (κ2) is 4.79. The van der Waals surface area contributed by atoms with E-state index in [1.165, 1.54) is 0 Å². The van der Waals surface area contributed by atoms with Crippen molar-refractivity contribution >= 4 is 15.9 Å². The van der Waals surface area contributed by atoms with E-state index in [9.17, 15) is 4.79 Å². The first kappa shape index (κ1) is 12.0. The number of nitrogens with zero attached hydrogens (tertiary/aromatic N) is 3. The van der Waals surface area contributed by atoms with Crippen LogP contribution < -0.4 is 5.56 Å². The van der Waals surface area contributed by atoms with E-state index in [2.05, 4.69) is 25.9 Å². The average Bonchev–Trinajstić information content (AvgIpc) is 2.32. The van der Waals surface area contributed by atoms with Crippen LogP contribution in [0.5, 0.6) is 0 Å². The Hall–Kier alpha value is -1.49. The van der Waals surface area contributed by atoms with Gasteiger partial charge in [-0.1, -0.05) is 6.07 Å². The molecule has 0 aromatic carbocycles. The SMILES string of the molecule is Cc1cccnc1Cn1cnc(C)c(Br)c1=O. The van der Waals surface area contributed by atoms with Gasteiger partial charge in [0.25, 0.3) is 5.56 Å². The molecule has 4 nitrogen and oxygen atoms in total. The molecule has 2 aromatic heterocycles. The predicted molar refractivity (Wildman–Crippen MR) is 69.0 cm³/mol. The third kappa shape index (κ3) is 2.44. The highest BCUT2D eigenvalue weighted by Crippen LogP contribution is 2.08. The van der Waals surface area contributed by atoms with Gasteiger partial charge in [0.1, 0.15) is 4.47 Å². The number of hydrogen-bond acceptors (Lipinski definition) is 3. The van der Waals surface area contributed by atoms with Gasteiger partial charge in [-0.3, -0.25) is 14.3 Å². The van der Waals surface area contributed by atoms with Gasteiger partial charge in [0.2, 0.25) is 0 Å². The van der Waals surface area contributed by atoms with Crippen LogP contribution in [0.25, 0.3) is 0 Å². The van der Waals surface area contributed by atoms with Crippen molar-refractivity contribution in [1.29, 1.82) is 0 Å². The molecule has 2 heterocycles. The fourth-order valence-electron chi connectivity index (χ4n) is 1.50. The van der Waals surface area contributed by atoms with Crippen LogP contribution in [0, 0.1) is 13.8 Å². The van der Waals surface area contributed by atoms with E-state index in [1.54, 1.807) is 24.0 Å². The molecule has 0 radical (unpaired) electrons. The molecule has 17 heavy (non-hydrogen) atoms. The molecule has 0 amide bonds. The Bertz CT molecular complexity index is 607. The third-order valence-electron chi connectivity index (χ3n) is 2.60. The first-order valence-corrected chi connectivity index (χ1v) is 6.01. The molecular weight excluding hydrogens is 282 g/mol. The Morgan fingerprint density at radius 3 is 2.82 bits per heavy atom. The number of halogens is 1. The van der Waals surface area contributed by atoms with Crippen LogP contribution in [-0.2, 0) is 6.54 Å². The molecule has 0 N–H and O–H groups in total. The van der Waals surface area contributed by atoms with Gasteiger partial charge in [-0.15, -0.1) is 0 Å². The van der Waals surface area contributed by atoms with Crippen molar-refractivity contribution < 1.29 is 0 Å². The first-order valence-electron chi connectivity index (χ1n) is 5.21. The standard InChI is InChI=1S/C12H12BrN3O/c1-8-4-3-5-14-10(8)6-16-7-15-9(2)11(13)12(16)17/h3-5,7H,6H2,1-2H3. The molecule has 0 atom stereocenters. The van der Waals surface area contributed by atoms with Gasteiger partial charge in [-0.25, -0.2) is 4.98 Å². The quantitative estimate of drug-likeness (QED) is 0.852. The average molecular weight is 294 g/mol. The molecule has 0 bridgehead atoms. The number of aryl methyl sites for hydroxylation is 2. The zero-order valence-corrected chi connectivity index (χ0v) is 11.2. The van der Waals surface area contributed by atoms with Crippen LogP contribution in [0.1, 0.15) is 17.0 Å². The van der Waals surface area contributed by atoms with E-state index in [4.69, 9.17) is 0 Å². The molecule has 0 saturated carbocycles. The minimum Gasteiger partial charge on any atom is -0.292 e. The van der Waals surface area contributed by atoms with Gasteiger partial charge in [-0.2, -0.15) is 0 Å². The molecule has 0 fully saturated rings. The summed E-state index contributed by atoms with van der Waals surface area (Å²) in [4.78, 5) is 20.4. The molecule has 0 saturated heterocycles. The molecule has 0 unspecified atom stereocenters. The summed E-state index contributed by atoms with van der Waals surface area (Å²) in [5, 5.41) is 0. The summed E-state index contributed by atoms with van der Waals surface area (Å²) in [6.07, 6.45) is 3.28. The van der Waals surface area contributed by atoms with Crippen molar-refractivity contribution in [2.24, 2.45) is 0 Å². The predicted octanol–water partition coefficient (Wildman–Crippen LogP) is 2.07. The van der Waals surface area contributed by atoms with E-state index >= 15 is 0 Å². The Kier molecular flexibility index (Phi) is 3.38. The minimum atomic E-state index is -0.0810. The monoisotopic (exact) mass is 293 g/mol. The van der Waals surface area contributed by atoms with Gasteiger partial charge < -0.3 is 0 Å². The van der Waals surface area contributed by atoms with Gasteiger partial charge in [0.15, 0.2) is 0 Å². The summed E-state index contributed by atoms with van der Waals surface area (Å²) < 4.78 is 2.06. The maximum Gasteiger partial charge on any atom is 0.268 e. The zero-order valence-electron chi connectivity index (χ0n) is 9.64. The molecule has 0 spiro atoms. The summed E-state index contributed by atoms with van der Waals surface area (Å²) in [7, 11) is 0. The maximum absolute atomic E-state index is 12.0. The Balaban J connectivity index is 2.41. The summed E-state index contributed by atoms with van der Waals surface area (Å²) in [6, 6.07) is 3.86. The third-order valence-corrected chi connectivity index (χ3v) is 3.51. The molecule has 0 aliphatic rings. The minimum absolute atomic E-state index is 0.0810. The van der Waals surface area contributed by atoms with Gasteiger partial charge >= 0.3 is 0 Å². The van der Waals surface area contributed by atoms with Crippen LogP contribution >= 0.6 is 15.9 Å². The Morgan fingerprint density at radius 1 is 1.35 bits per heavy atom. The number of aromatic nitrogens is 3. The summed E-state index contributed by atoms with van der Waals surface area (Å²) in [5.74, 6) is 0. The molecule has 88 valence electrons. The maximum atomic E-state index is 12.0. The first-order chi connectivity index (χ1) is 8.09. The van der Waals surface area contributed by atoms with E-state index in [-0.39, 0.29) is 5.56 Å². The van der Waals surface area contributed by atoms with Crippen LogP contribution in [0.3, 0.4) is 0 Å². The molecule has 2 aromatic rings. The van der Waals surface area contributed by atoms with E-state index in [0.717, 1.165) is 11.3 Å². The molecule has 5 heteroatoms. The van der Waals surface area contributed by atoms with Gasteiger partial charge in [-0.05, 0) is 41.4 Å². The highest BCUT2D eigenvalue weighted by atomic mass is 79.9. The summed E-state index contributed by atoms with van der Waals surface area (Å²) in [5.41, 5.74) is 2.56. The van der Waals surface area contributed by atoms with Crippen molar-refractivity contribution in [3.05, 3.63) is 56.4 Å². The fraction of sp³-hybridized carbons (Fsp3) is 0.250. The highest BCUT2D eigenvalue weighted by molar-refractivity contribution is 9.10. The smallest absolute Gasteiger partial charge is 0.268 e. The van der Waals surface area contributed by atoms with Crippen molar-refractivity contribution in [2.45, 2.75) is 20.4 Å². The lowest BCUT2D eigenvalue weighted by Crippen LogP contribution is -2.23. The Morgan fingerprint density at radius 2 is 2.12 bits per heavy atom. The lowest BCUT2D eigenvalue weighted by Gasteiger charge is -2.08. The van der Waals surface area contributed by atoms with E-state index in [1.807, 2.05) is 19.1 Å². The largest absolute Gasteiger partial charge is 0.292 e. The topological polar surface area (TPSA) is 47.8 Å². The fourth-order valence-corrected chi connectivity index (χ4v) is 1.83. The lowest BCUT2D eigenvalue weighted by molar-refractivity contribution is 0.704. The van der Waals surface area contributed by atoms with Crippen LogP contribution in [-0.4, -0.2) is 14.5 Å². The molecular formula is C12H12BrN3O. The molecule has 2 rings (SSSR count). The van der Waals surface area contributed by atoms with Crippen molar-refractivity contribution in [2.75, 3.05) is 0 Å². The number of rotatable bonds is 2. The molecule has 0 aliphatic carbocycles. The van der Waals surface area contributed by atoms with Crippen LogP contribution in [0.15, 0.2) is 33.9 Å². The number of hydrogen-bond donors (Lipinski definition) is 0. The van der Waals surface area contributed by atoms with Crippen molar-refractivity contribution in [3.8, 4) is 0 Å². The molecule has 0 aliphatic heterocycles. The highest BCUT2D eigenvalue weighted by Gasteiger charge is 2.07. The van der Waals surface area contributed by atoms with Crippen molar-refractivity contribution in [1.82, 2.24) is 14.5 Å². The zero-order chi connectivity index (χ0) is 12.4. The summed E-state index contributed by atoms with van der Waals surface area (Å²) >= 11 is 3.25. The van der Waals surface area contributed by atoms with Gasteiger partial charge in [0, 0.05) is 6.20 Å². The van der Waals surface area contributed by atoms with Crippen LogP contribution in [0.2, 0.25) is 0 Å². The van der Waals surface area contributed by atoms with Crippen LogP contribution in [0.4, 0.5) is 0 Å². The Labute approximate surface area is 107 Å². The van der Waals surface area contributed by atoms with Crippen molar-refractivity contribution in [3.63, 3.8) is 0 Å². The second-order valence-electron chi connectivity index (χ2n) is 3.84. The lowest BCUT2D eigenvalue weighted by atomic mass is 10.2. The van der Waals surface area contributed by atoms with E-state index in [0.29, 0.717) is 16.7 Å². The number of pyridine rings is 1. The summed E-state index contributed by atoms with van der Waals surface area (Å²) in [6.45, 7) is 4.21. The van der Waals surface area contributed by atoms with Gasteiger partial charge in [0.05, 0.1) is 24.3 Å².